The quantitative estimate of drug-likeness (QED) is 0.455. The minimum Gasteiger partial charge on any atom is -0.338 e. The van der Waals surface area contributed by atoms with Crippen LogP contribution in [-0.4, -0.2) is 76.6 Å². The van der Waals surface area contributed by atoms with E-state index in [9.17, 15) is 19.7 Å². The molecule has 26 heavy (non-hydrogen) atoms. The first-order chi connectivity index (χ1) is 12.5. The minimum absolute atomic E-state index is 0.0293. The maximum absolute atomic E-state index is 12.4. The van der Waals surface area contributed by atoms with Crippen LogP contribution in [0.4, 0.5) is 10.5 Å². The predicted octanol–water partition coefficient (Wildman–Crippen LogP) is 2.05. The van der Waals surface area contributed by atoms with Crippen molar-refractivity contribution in [3.8, 4) is 0 Å². The summed E-state index contributed by atoms with van der Waals surface area (Å²) in [6, 6.07) is 6.28. The summed E-state index contributed by atoms with van der Waals surface area (Å²) in [4.78, 5) is 41.3. The van der Waals surface area contributed by atoms with E-state index in [1.54, 1.807) is 17.0 Å². The topological polar surface area (TPSA) is 87.0 Å². The zero-order chi connectivity index (χ0) is 18.5. The summed E-state index contributed by atoms with van der Waals surface area (Å²) in [7, 11) is 0. The van der Waals surface area contributed by atoms with Crippen molar-refractivity contribution < 1.29 is 14.5 Å². The number of thioether (sulfide) groups is 1. The lowest BCUT2D eigenvalue weighted by atomic mass is 10.3. The van der Waals surface area contributed by atoms with Crippen molar-refractivity contribution in [3.63, 3.8) is 0 Å². The standard InChI is InChI=1S/C17H22N4O4S/c22-16(13-26-15-5-3-14(4-6-15)21(24)25)18-9-11-20(12-10-18)17(23)19-7-1-2-8-19/h3-6H,1-2,7-13H2. The van der Waals surface area contributed by atoms with E-state index in [0.29, 0.717) is 26.2 Å². The Kier molecular flexibility index (Phi) is 5.97. The van der Waals surface area contributed by atoms with Crippen molar-refractivity contribution in [2.75, 3.05) is 45.0 Å². The van der Waals surface area contributed by atoms with Gasteiger partial charge in [-0.2, -0.15) is 0 Å². The zero-order valence-corrected chi connectivity index (χ0v) is 15.3. The number of likely N-dealkylation sites (tertiary alicyclic amines) is 1. The molecule has 0 N–H and O–H groups in total. The van der Waals surface area contributed by atoms with Crippen LogP contribution in [0.5, 0.6) is 0 Å². The van der Waals surface area contributed by atoms with Gasteiger partial charge in [0.1, 0.15) is 0 Å². The average Bonchev–Trinajstić information content (AvgIpc) is 3.20. The number of benzene rings is 1. The molecule has 3 amide bonds. The molecule has 1 aromatic carbocycles. The van der Waals surface area contributed by atoms with Crippen molar-refractivity contribution in [2.24, 2.45) is 0 Å². The van der Waals surface area contributed by atoms with Gasteiger partial charge in [-0.15, -0.1) is 11.8 Å². The molecule has 9 heteroatoms. The van der Waals surface area contributed by atoms with Gasteiger partial charge in [0.2, 0.25) is 5.91 Å². The van der Waals surface area contributed by atoms with Crippen molar-refractivity contribution in [1.82, 2.24) is 14.7 Å². The van der Waals surface area contributed by atoms with Gasteiger partial charge in [-0.3, -0.25) is 14.9 Å². The van der Waals surface area contributed by atoms with Gasteiger partial charge in [0.25, 0.3) is 5.69 Å². The van der Waals surface area contributed by atoms with Gasteiger partial charge in [0.05, 0.1) is 10.7 Å². The highest BCUT2D eigenvalue weighted by Crippen LogP contribution is 2.22. The van der Waals surface area contributed by atoms with Crippen molar-refractivity contribution in [3.05, 3.63) is 34.4 Å². The Bertz CT molecular complexity index is 668. The summed E-state index contributed by atoms with van der Waals surface area (Å²) in [5, 5.41) is 10.7. The normalized spacial score (nSPS) is 17.5. The number of piperazine rings is 1. The van der Waals surface area contributed by atoms with E-state index in [4.69, 9.17) is 0 Å². The van der Waals surface area contributed by atoms with Gasteiger partial charge in [0.15, 0.2) is 0 Å². The third-order valence-corrected chi connectivity index (χ3v) is 5.69. The molecule has 0 saturated carbocycles. The molecule has 0 spiro atoms. The van der Waals surface area contributed by atoms with Crippen molar-refractivity contribution >= 4 is 29.4 Å². The molecule has 2 aliphatic rings. The van der Waals surface area contributed by atoms with Gasteiger partial charge in [-0.1, -0.05) is 0 Å². The van der Waals surface area contributed by atoms with Crippen LogP contribution in [0.3, 0.4) is 0 Å². The van der Waals surface area contributed by atoms with Gasteiger partial charge in [0, 0.05) is 56.3 Å². The number of nitro groups is 1. The molecule has 0 unspecified atom stereocenters. The monoisotopic (exact) mass is 378 g/mol. The molecular formula is C17H22N4O4S. The molecule has 2 aliphatic heterocycles. The van der Waals surface area contributed by atoms with Crippen LogP contribution < -0.4 is 0 Å². The van der Waals surface area contributed by atoms with Gasteiger partial charge in [-0.05, 0) is 25.0 Å². The lowest BCUT2D eigenvalue weighted by Crippen LogP contribution is -2.53. The minimum atomic E-state index is -0.442. The molecule has 0 atom stereocenters. The third-order valence-electron chi connectivity index (χ3n) is 4.69. The third kappa shape index (κ3) is 4.46. The Balaban J connectivity index is 1.43. The Morgan fingerprint density at radius 1 is 0.923 bits per heavy atom. The zero-order valence-electron chi connectivity index (χ0n) is 14.5. The number of hydrogen-bond donors (Lipinski definition) is 0. The highest BCUT2D eigenvalue weighted by atomic mass is 32.2. The van der Waals surface area contributed by atoms with Crippen molar-refractivity contribution in [1.29, 1.82) is 0 Å². The molecule has 0 bridgehead atoms. The van der Waals surface area contributed by atoms with Gasteiger partial charge in [-0.25, -0.2) is 4.79 Å². The Labute approximate surface area is 156 Å². The molecule has 8 nitrogen and oxygen atoms in total. The summed E-state index contributed by atoms with van der Waals surface area (Å²) in [5.41, 5.74) is 0.0412. The molecule has 3 rings (SSSR count). The molecule has 0 aliphatic carbocycles. The first-order valence-electron chi connectivity index (χ1n) is 8.73. The number of nitro benzene ring substituents is 1. The molecule has 2 heterocycles. The number of amides is 3. The number of urea groups is 1. The molecule has 2 fully saturated rings. The first-order valence-corrected chi connectivity index (χ1v) is 9.72. The predicted molar refractivity (Wildman–Crippen MR) is 98.2 cm³/mol. The second kappa shape index (κ2) is 8.39. The Hall–Kier alpha value is -2.29. The number of rotatable bonds is 4. The number of nitrogens with zero attached hydrogens (tertiary/aromatic N) is 4. The molecular weight excluding hydrogens is 356 g/mol. The Morgan fingerprint density at radius 3 is 2.04 bits per heavy atom. The maximum Gasteiger partial charge on any atom is 0.320 e. The SMILES string of the molecule is O=C(CSc1ccc([N+](=O)[O-])cc1)N1CCN(C(=O)N2CCCC2)CC1. The van der Waals surface area contributed by atoms with Crippen LogP contribution in [0.25, 0.3) is 0 Å². The second-order valence-corrected chi connectivity index (χ2v) is 7.43. The van der Waals surface area contributed by atoms with Gasteiger partial charge < -0.3 is 14.7 Å². The van der Waals surface area contributed by atoms with E-state index in [0.717, 1.165) is 30.8 Å². The molecule has 1 aromatic rings. The summed E-state index contributed by atoms with van der Waals surface area (Å²) < 4.78 is 0. The van der Waals surface area contributed by atoms with Crippen LogP contribution in [0, 0.1) is 10.1 Å². The highest BCUT2D eigenvalue weighted by molar-refractivity contribution is 8.00. The lowest BCUT2D eigenvalue weighted by molar-refractivity contribution is -0.384. The van der Waals surface area contributed by atoms with E-state index >= 15 is 0 Å². The van der Waals surface area contributed by atoms with E-state index in [1.807, 2.05) is 9.80 Å². The fraction of sp³-hybridized carbons (Fsp3) is 0.529. The number of non-ortho nitro benzene ring substituents is 1. The highest BCUT2D eigenvalue weighted by Gasteiger charge is 2.28. The Morgan fingerprint density at radius 2 is 1.46 bits per heavy atom. The molecule has 2 saturated heterocycles. The maximum atomic E-state index is 12.4. The van der Waals surface area contributed by atoms with Crippen LogP contribution >= 0.6 is 11.8 Å². The van der Waals surface area contributed by atoms with E-state index < -0.39 is 4.92 Å². The van der Waals surface area contributed by atoms with E-state index in [-0.39, 0.29) is 23.4 Å². The van der Waals surface area contributed by atoms with Crippen LogP contribution in [-0.2, 0) is 4.79 Å². The van der Waals surface area contributed by atoms with Crippen molar-refractivity contribution in [2.45, 2.75) is 17.7 Å². The molecule has 0 radical (unpaired) electrons. The molecule has 140 valence electrons. The number of hydrogen-bond acceptors (Lipinski definition) is 5. The summed E-state index contributed by atoms with van der Waals surface area (Å²) in [6.07, 6.45) is 2.15. The number of carbonyl (C=O) groups excluding carboxylic acids is 2. The average molecular weight is 378 g/mol. The number of carbonyl (C=O) groups is 2. The van der Waals surface area contributed by atoms with Crippen LogP contribution in [0.15, 0.2) is 29.2 Å². The smallest absolute Gasteiger partial charge is 0.320 e. The summed E-state index contributed by atoms with van der Waals surface area (Å²) in [6.45, 7) is 3.93. The van der Waals surface area contributed by atoms with E-state index in [1.165, 1.54) is 23.9 Å². The fourth-order valence-corrected chi connectivity index (χ4v) is 3.96. The summed E-state index contributed by atoms with van der Waals surface area (Å²) >= 11 is 1.37. The second-order valence-electron chi connectivity index (χ2n) is 6.38. The van der Waals surface area contributed by atoms with E-state index in [2.05, 4.69) is 0 Å². The molecule has 0 aromatic heterocycles. The fourth-order valence-electron chi connectivity index (χ4n) is 3.16. The van der Waals surface area contributed by atoms with Gasteiger partial charge >= 0.3 is 6.03 Å². The largest absolute Gasteiger partial charge is 0.338 e. The van der Waals surface area contributed by atoms with Crippen LogP contribution in [0.2, 0.25) is 0 Å². The van der Waals surface area contributed by atoms with Crippen LogP contribution in [0.1, 0.15) is 12.8 Å². The summed E-state index contributed by atoms with van der Waals surface area (Å²) in [5.74, 6) is 0.319. The first kappa shape index (κ1) is 18.5. The lowest BCUT2D eigenvalue weighted by Gasteiger charge is -2.36.